The molecule has 0 fully saturated rings. The van der Waals surface area contributed by atoms with E-state index in [9.17, 15) is 4.39 Å². The molecule has 0 aliphatic rings. The molecule has 4 nitrogen and oxygen atoms in total. The maximum Gasteiger partial charge on any atom is 0.125 e. The molecule has 0 saturated heterocycles. The van der Waals surface area contributed by atoms with Crippen molar-refractivity contribution < 1.29 is 4.39 Å². The van der Waals surface area contributed by atoms with E-state index in [1.807, 2.05) is 30.5 Å². The van der Waals surface area contributed by atoms with Crippen molar-refractivity contribution in [1.82, 2.24) is 4.98 Å². The third kappa shape index (κ3) is 4.09. The van der Waals surface area contributed by atoms with Crippen molar-refractivity contribution in [3.05, 3.63) is 65.6 Å². The molecule has 3 rings (SSSR count). The van der Waals surface area contributed by atoms with Crippen molar-refractivity contribution in [2.75, 3.05) is 11.9 Å². The number of nitrogens with one attached hydrogen (secondary N) is 3. The summed E-state index contributed by atoms with van der Waals surface area (Å²) in [6.45, 7) is 2.71. The number of nitriles is 1. The van der Waals surface area contributed by atoms with Crippen LogP contribution in [-0.2, 0) is 0 Å². The number of hydrogen-bond donors (Lipinski definition) is 3. The Morgan fingerprint density at radius 1 is 1.31 bits per heavy atom. The third-order valence-electron chi connectivity index (χ3n) is 4.51. The van der Waals surface area contributed by atoms with E-state index in [2.05, 4.69) is 23.3 Å². The van der Waals surface area contributed by atoms with Crippen LogP contribution in [0.15, 0.2) is 48.7 Å². The molecule has 0 aliphatic heterocycles. The van der Waals surface area contributed by atoms with Gasteiger partial charge in [-0.1, -0.05) is 19.1 Å². The van der Waals surface area contributed by atoms with Gasteiger partial charge < -0.3 is 15.7 Å². The van der Waals surface area contributed by atoms with Gasteiger partial charge in [0.2, 0.25) is 0 Å². The average molecular weight is 348 g/mol. The van der Waals surface area contributed by atoms with E-state index in [0.717, 1.165) is 22.2 Å². The van der Waals surface area contributed by atoms with Crippen molar-refractivity contribution in [3.8, 4) is 6.07 Å². The third-order valence-corrected chi connectivity index (χ3v) is 4.51. The van der Waals surface area contributed by atoms with Gasteiger partial charge in [0.15, 0.2) is 0 Å². The molecule has 0 spiro atoms. The van der Waals surface area contributed by atoms with Gasteiger partial charge in [0.25, 0.3) is 0 Å². The van der Waals surface area contributed by atoms with Gasteiger partial charge in [-0.25, -0.2) is 4.39 Å². The molecule has 1 aromatic heterocycles. The number of hydrogen-bond acceptors (Lipinski definition) is 3. The summed E-state index contributed by atoms with van der Waals surface area (Å²) in [5, 5.41) is 21.5. The standard InChI is InChI=1S/C21H21FN4/c1-14(20-13-26-21-10-15(12-23)5-6-19(20)21)9-17(24)7-8-25-18-4-2-3-16(22)11-18/h2-6,10-11,13-14,24-26H,7-9H2,1H3. The quantitative estimate of drug-likeness (QED) is 0.514. The minimum atomic E-state index is -0.266. The number of aromatic amines is 1. The molecule has 0 saturated carbocycles. The predicted octanol–water partition coefficient (Wildman–Crippen LogP) is 5.19. The highest BCUT2D eigenvalue weighted by atomic mass is 19.1. The summed E-state index contributed by atoms with van der Waals surface area (Å²) in [6, 6.07) is 14.1. The summed E-state index contributed by atoms with van der Waals surface area (Å²) in [6.07, 6.45) is 3.24. The first-order chi connectivity index (χ1) is 12.6. The minimum absolute atomic E-state index is 0.207. The fourth-order valence-corrected chi connectivity index (χ4v) is 3.16. The van der Waals surface area contributed by atoms with Crippen molar-refractivity contribution in [1.29, 1.82) is 10.7 Å². The summed E-state index contributed by atoms with van der Waals surface area (Å²) in [5.41, 5.74) is 4.13. The number of fused-ring (bicyclic) bond motifs is 1. The van der Waals surface area contributed by atoms with E-state index < -0.39 is 0 Å². The fraction of sp³-hybridized carbons (Fsp3) is 0.238. The molecule has 1 atom stereocenters. The second-order valence-corrected chi connectivity index (χ2v) is 6.51. The molecule has 1 heterocycles. The Balaban J connectivity index is 1.56. The van der Waals surface area contributed by atoms with Gasteiger partial charge in [0.05, 0.1) is 11.6 Å². The number of benzene rings is 2. The maximum atomic E-state index is 13.2. The van der Waals surface area contributed by atoms with Crippen LogP contribution >= 0.6 is 0 Å². The lowest BCUT2D eigenvalue weighted by Crippen LogP contribution is -2.10. The Morgan fingerprint density at radius 3 is 2.92 bits per heavy atom. The van der Waals surface area contributed by atoms with E-state index in [-0.39, 0.29) is 11.7 Å². The molecule has 2 aromatic carbocycles. The molecule has 3 N–H and O–H groups in total. The first kappa shape index (κ1) is 17.7. The Morgan fingerprint density at radius 2 is 2.15 bits per heavy atom. The van der Waals surface area contributed by atoms with E-state index in [1.54, 1.807) is 6.07 Å². The lowest BCUT2D eigenvalue weighted by Gasteiger charge is -2.13. The second kappa shape index (κ2) is 7.83. The van der Waals surface area contributed by atoms with E-state index >= 15 is 0 Å². The number of halogens is 1. The topological polar surface area (TPSA) is 75.5 Å². The number of nitrogens with zero attached hydrogens (tertiary/aromatic N) is 1. The van der Waals surface area contributed by atoms with Crippen LogP contribution in [0.25, 0.3) is 10.9 Å². The molecule has 0 bridgehead atoms. The van der Waals surface area contributed by atoms with Gasteiger partial charge in [-0.05, 0) is 48.2 Å². The average Bonchev–Trinajstić information content (AvgIpc) is 3.05. The molecular formula is C21H21FN4. The monoisotopic (exact) mass is 348 g/mol. The SMILES string of the molecule is CC(CC(=N)CCNc1cccc(F)c1)c1c[nH]c2cc(C#N)ccc12. The Bertz CT molecular complexity index is 968. The van der Waals surface area contributed by atoms with Crippen LogP contribution < -0.4 is 5.32 Å². The Labute approximate surface area is 152 Å². The van der Waals surface area contributed by atoms with Crippen LogP contribution in [0.3, 0.4) is 0 Å². The zero-order valence-corrected chi connectivity index (χ0v) is 14.6. The lowest BCUT2D eigenvalue weighted by atomic mass is 9.93. The summed E-state index contributed by atoms with van der Waals surface area (Å²) in [4.78, 5) is 3.22. The largest absolute Gasteiger partial charge is 0.385 e. The number of anilines is 1. The molecule has 3 aromatic rings. The predicted molar refractivity (Wildman–Crippen MR) is 103 cm³/mol. The van der Waals surface area contributed by atoms with Gasteiger partial charge in [-0.15, -0.1) is 0 Å². The van der Waals surface area contributed by atoms with Gasteiger partial charge in [0.1, 0.15) is 5.82 Å². The lowest BCUT2D eigenvalue weighted by molar-refractivity contribution is 0.628. The number of H-pyrrole nitrogens is 1. The molecule has 0 radical (unpaired) electrons. The van der Waals surface area contributed by atoms with Crippen LogP contribution in [0.5, 0.6) is 0 Å². The van der Waals surface area contributed by atoms with Crippen LogP contribution in [0.4, 0.5) is 10.1 Å². The van der Waals surface area contributed by atoms with Crippen LogP contribution in [-0.4, -0.2) is 17.2 Å². The van der Waals surface area contributed by atoms with Crippen molar-refractivity contribution >= 4 is 22.3 Å². The molecule has 132 valence electrons. The fourth-order valence-electron chi connectivity index (χ4n) is 3.16. The van der Waals surface area contributed by atoms with Crippen LogP contribution in [0.1, 0.15) is 36.8 Å². The Kier molecular flexibility index (Phi) is 5.33. The number of aromatic nitrogens is 1. The molecule has 26 heavy (non-hydrogen) atoms. The van der Waals surface area contributed by atoms with E-state index in [4.69, 9.17) is 10.7 Å². The highest BCUT2D eigenvalue weighted by Crippen LogP contribution is 2.28. The Hall–Kier alpha value is -3.13. The normalized spacial score (nSPS) is 11.9. The van der Waals surface area contributed by atoms with Crippen LogP contribution in [0.2, 0.25) is 0 Å². The zero-order valence-electron chi connectivity index (χ0n) is 14.6. The highest BCUT2D eigenvalue weighted by molar-refractivity contribution is 5.87. The highest BCUT2D eigenvalue weighted by Gasteiger charge is 2.13. The van der Waals surface area contributed by atoms with Crippen LogP contribution in [0, 0.1) is 22.6 Å². The van der Waals surface area contributed by atoms with Crippen molar-refractivity contribution in [2.45, 2.75) is 25.7 Å². The molecule has 0 amide bonds. The van der Waals surface area contributed by atoms with Gasteiger partial charge in [-0.2, -0.15) is 5.26 Å². The molecule has 0 aliphatic carbocycles. The van der Waals surface area contributed by atoms with Crippen molar-refractivity contribution in [3.63, 3.8) is 0 Å². The summed E-state index contributed by atoms with van der Waals surface area (Å²) >= 11 is 0. The number of rotatable bonds is 7. The zero-order chi connectivity index (χ0) is 18.5. The first-order valence-electron chi connectivity index (χ1n) is 8.63. The van der Waals surface area contributed by atoms with Crippen molar-refractivity contribution in [2.24, 2.45) is 0 Å². The summed E-state index contributed by atoms with van der Waals surface area (Å²) in [5.74, 6) is -0.0593. The maximum absolute atomic E-state index is 13.2. The molecule has 1 unspecified atom stereocenters. The van der Waals surface area contributed by atoms with Gasteiger partial charge in [-0.3, -0.25) is 0 Å². The molecule has 5 heteroatoms. The first-order valence-corrected chi connectivity index (χ1v) is 8.63. The summed E-state index contributed by atoms with van der Waals surface area (Å²) in [7, 11) is 0. The van der Waals surface area contributed by atoms with E-state index in [0.29, 0.717) is 30.7 Å². The summed E-state index contributed by atoms with van der Waals surface area (Å²) < 4.78 is 13.2. The smallest absolute Gasteiger partial charge is 0.125 e. The second-order valence-electron chi connectivity index (χ2n) is 6.51. The van der Waals surface area contributed by atoms with Gasteiger partial charge >= 0.3 is 0 Å². The minimum Gasteiger partial charge on any atom is -0.385 e. The van der Waals surface area contributed by atoms with E-state index in [1.165, 1.54) is 12.1 Å². The van der Waals surface area contributed by atoms with Gasteiger partial charge in [0, 0.05) is 41.5 Å². The molecular weight excluding hydrogens is 327 g/mol.